The lowest BCUT2D eigenvalue weighted by Gasteiger charge is -2.52. The minimum Gasteiger partial charge on any atom is -0.394 e. The van der Waals surface area contributed by atoms with Crippen molar-refractivity contribution in [2.45, 2.75) is 24.9 Å². The van der Waals surface area contributed by atoms with Crippen LogP contribution in [0, 0.1) is 24.1 Å². The molecule has 3 aromatic rings. The van der Waals surface area contributed by atoms with Crippen LogP contribution >= 0.6 is 0 Å². The third kappa shape index (κ3) is 3.26. The molecule has 1 fully saturated rings. The van der Waals surface area contributed by atoms with E-state index in [9.17, 15) is 19.6 Å². The van der Waals surface area contributed by atoms with Gasteiger partial charge >= 0.3 is 0 Å². The van der Waals surface area contributed by atoms with Crippen molar-refractivity contribution in [1.82, 2.24) is 4.90 Å². The largest absolute Gasteiger partial charge is 0.394 e. The number of aliphatic hydroxyl groups excluding tert-OH is 1. The molecule has 3 aromatic carbocycles. The second-order valence-corrected chi connectivity index (χ2v) is 7.47. The standard InChI is InChI=1S/C25H21FN2O2/c1-16-7-2-3-10-19(16)20-11-4-5-12-21(20)24-22(14-27)28(23(24)15-29)25(30)17-8-6-9-18(26)13-17/h2-13,22-24,29H,15H2,1H3/t22-,23+,24+/m0/s1. The number of hydrogen-bond donors (Lipinski definition) is 1. The van der Waals surface area contributed by atoms with Crippen LogP contribution in [-0.2, 0) is 0 Å². The molecule has 0 saturated carbocycles. The summed E-state index contributed by atoms with van der Waals surface area (Å²) in [6, 6.07) is 22.1. The Morgan fingerprint density at radius 2 is 1.77 bits per heavy atom. The number of nitrogens with zero attached hydrogens (tertiary/aromatic N) is 2. The van der Waals surface area contributed by atoms with Crippen LogP contribution < -0.4 is 0 Å². The van der Waals surface area contributed by atoms with Gasteiger partial charge in [0.15, 0.2) is 0 Å². The first kappa shape index (κ1) is 19.8. The number of rotatable bonds is 4. The van der Waals surface area contributed by atoms with Gasteiger partial charge < -0.3 is 10.0 Å². The van der Waals surface area contributed by atoms with E-state index in [1.165, 1.54) is 23.1 Å². The Morgan fingerprint density at radius 1 is 1.07 bits per heavy atom. The van der Waals surface area contributed by atoms with Gasteiger partial charge in [-0.2, -0.15) is 5.26 Å². The number of aryl methyl sites for hydroxylation is 1. The molecule has 0 bridgehead atoms. The van der Waals surface area contributed by atoms with Gasteiger partial charge in [-0.15, -0.1) is 0 Å². The van der Waals surface area contributed by atoms with Gasteiger partial charge in [0.2, 0.25) is 0 Å². The number of aliphatic hydroxyl groups is 1. The molecule has 4 nitrogen and oxygen atoms in total. The molecular formula is C25H21FN2O2. The molecule has 30 heavy (non-hydrogen) atoms. The Balaban J connectivity index is 1.74. The summed E-state index contributed by atoms with van der Waals surface area (Å²) in [7, 11) is 0. The quantitative estimate of drug-likeness (QED) is 0.710. The molecule has 1 heterocycles. The average Bonchev–Trinajstić information content (AvgIpc) is 2.74. The highest BCUT2D eigenvalue weighted by Crippen LogP contribution is 2.45. The first-order chi connectivity index (χ1) is 14.6. The predicted octanol–water partition coefficient (Wildman–Crippen LogP) is 4.29. The number of carbonyl (C=O) groups is 1. The lowest BCUT2D eigenvalue weighted by atomic mass is 9.73. The number of carbonyl (C=O) groups excluding carboxylic acids is 1. The molecule has 1 aliphatic heterocycles. The number of halogens is 1. The van der Waals surface area contributed by atoms with E-state index in [2.05, 4.69) is 6.07 Å². The van der Waals surface area contributed by atoms with E-state index in [1.807, 2.05) is 55.5 Å². The molecule has 3 atom stereocenters. The molecule has 1 aliphatic rings. The summed E-state index contributed by atoms with van der Waals surface area (Å²) in [5.74, 6) is -1.31. The zero-order chi connectivity index (χ0) is 21.3. The smallest absolute Gasteiger partial charge is 0.255 e. The first-order valence-electron chi connectivity index (χ1n) is 9.80. The summed E-state index contributed by atoms with van der Waals surface area (Å²) in [4.78, 5) is 14.4. The second-order valence-electron chi connectivity index (χ2n) is 7.47. The minimum absolute atomic E-state index is 0.166. The van der Waals surface area contributed by atoms with Crippen LogP contribution in [0.1, 0.15) is 27.4 Å². The molecule has 0 unspecified atom stereocenters. The average molecular weight is 400 g/mol. The molecule has 0 radical (unpaired) electrons. The summed E-state index contributed by atoms with van der Waals surface area (Å²) in [5, 5.41) is 20.0. The Kier molecular flexibility index (Phi) is 5.35. The van der Waals surface area contributed by atoms with E-state index in [1.54, 1.807) is 0 Å². The molecule has 1 N–H and O–H groups in total. The van der Waals surface area contributed by atoms with Crippen LogP contribution in [0.4, 0.5) is 4.39 Å². The van der Waals surface area contributed by atoms with E-state index in [0.717, 1.165) is 28.3 Å². The van der Waals surface area contributed by atoms with Crippen LogP contribution in [0.2, 0.25) is 0 Å². The first-order valence-corrected chi connectivity index (χ1v) is 9.80. The van der Waals surface area contributed by atoms with Crippen molar-refractivity contribution in [3.63, 3.8) is 0 Å². The molecule has 0 aliphatic carbocycles. The minimum atomic E-state index is -0.747. The molecule has 1 saturated heterocycles. The van der Waals surface area contributed by atoms with Gasteiger partial charge in [0.05, 0.1) is 18.7 Å². The fraction of sp³-hybridized carbons (Fsp3) is 0.200. The van der Waals surface area contributed by atoms with Gasteiger partial charge in [-0.05, 0) is 47.4 Å². The van der Waals surface area contributed by atoms with Gasteiger partial charge in [0.25, 0.3) is 5.91 Å². The molecule has 0 spiro atoms. The monoisotopic (exact) mass is 400 g/mol. The zero-order valence-electron chi connectivity index (χ0n) is 16.5. The Morgan fingerprint density at radius 3 is 2.43 bits per heavy atom. The number of likely N-dealkylation sites (tertiary alicyclic amines) is 1. The maximum absolute atomic E-state index is 13.6. The lowest BCUT2D eigenvalue weighted by Crippen LogP contribution is -2.65. The van der Waals surface area contributed by atoms with Gasteiger partial charge in [-0.3, -0.25) is 4.79 Å². The number of nitriles is 1. The van der Waals surface area contributed by atoms with Crippen LogP contribution in [0.25, 0.3) is 11.1 Å². The highest BCUT2D eigenvalue weighted by molar-refractivity contribution is 5.96. The van der Waals surface area contributed by atoms with Crippen LogP contribution in [-0.4, -0.2) is 34.6 Å². The van der Waals surface area contributed by atoms with Crippen molar-refractivity contribution in [2.24, 2.45) is 0 Å². The molecule has 150 valence electrons. The summed E-state index contributed by atoms with van der Waals surface area (Å²) in [6.45, 7) is 1.74. The summed E-state index contributed by atoms with van der Waals surface area (Å²) in [6.07, 6.45) is 0. The highest BCUT2D eigenvalue weighted by Gasteiger charge is 2.52. The maximum atomic E-state index is 13.6. The van der Waals surface area contributed by atoms with Crippen molar-refractivity contribution in [2.75, 3.05) is 6.61 Å². The van der Waals surface area contributed by atoms with Crippen molar-refractivity contribution < 1.29 is 14.3 Å². The van der Waals surface area contributed by atoms with Crippen molar-refractivity contribution in [1.29, 1.82) is 5.26 Å². The van der Waals surface area contributed by atoms with Gasteiger partial charge in [0, 0.05) is 11.5 Å². The molecule has 4 rings (SSSR count). The van der Waals surface area contributed by atoms with E-state index < -0.39 is 23.8 Å². The van der Waals surface area contributed by atoms with Crippen molar-refractivity contribution in [3.8, 4) is 17.2 Å². The van der Waals surface area contributed by atoms with Gasteiger partial charge in [-0.1, -0.05) is 54.6 Å². The number of benzene rings is 3. The topological polar surface area (TPSA) is 64.3 Å². The van der Waals surface area contributed by atoms with Crippen LogP contribution in [0.5, 0.6) is 0 Å². The van der Waals surface area contributed by atoms with E-state index in [0.29, 0.717) is 0 Å². The van der Waals surface area contributed by atoms with Crippen molar-refractivity contribution in [3.05, 3.63) is 95.3 Å². The second kappa shape index (κ2) is 8.10. The van der Waals surface area contributed by atoms with Gasteiger partial charge in [-0.25, -0.2) is 4.39 Å². The fourth-order valence-electron chi connectivity index (χ4n) is 4.34. The third-order valence-corrected chi connectivity index (χ3v) is 5.79. The molecule has 0 aromatic heterocycles. The Hall–Kier alpha value is -3.49. The maximum Gasteiger partial charge on any atom is 0.255 e. The van der Waals surface area contributed by atoms with Crippen LogP contribution in [0.3, 0.4) is 0 Å². The van der Waals surface area contributed by atoms with E-state index in [4.69, 9.17) is 0 Å². The SMILES string of the molecule is Cc1ccccc1-c1ccccc1[C@H]1[C@@H](CO)N(C(=O)c2cccc(F)c2)[C@H]1C#N. The Bertz CT molecular complexity index is 1140. The lowest BCUT2D eigenvalue weighted by molar-refractivity contribution is -0.00574. The fourth-order valence-corrected chi connectivity index (χ4v) is 4.34. The zero-order valence-corrected chi connectivity index (χ0v) is 16.5. The normalized spacial score (nSPS) is 20.3. The Labute approximate surface area is 174 Å². The predicted molar refractivity (Wildman–Crippen MR) is 112 cm³/mol. The van der Waals surface area contributed by atoms with Crippen LogP contribution in [0.15, 0.2) is 72.8 Å². The van der Waals surface area contributed by atoms with Gasteiger partial charge in [0.1, 0.15) is 11.9 Å². The molecule has 1 amide bonds. The highest BCUT2D eigenvalue weighted by atomic mass is 19.1. The van der Waals surface area contributed by atoms with Crippen molar-refractivity contribution >= 4 is 5.91 Å². The van der Waals surface area contributed by atoms with E-state index in [-0.39, 0.29) is 18.1 Å². The number of hydrogen-bond acceptors (Lipinski definition) is 3. The summed E-state index contributed by atoms with van der Waals surface area (Å²) >= 11 is 0. The van der Waals surface area contributed by atoms with E-state index >= 15 is 0 Å². The summed E-state index contributed by atoms with van der Waals surface area (Å²) in [5.41, 5.74) is 4.22. The summed E-state index contributed by atoms with van der Waals surface area (Å²) < 4.78 is 13.6. The number of amides is 1. The molecule has 5 heteroatoms. The molecular weight excluding hydrogens is 379 g/mol. The third-order valence-electron chi connectivity index (χ3n) is 5.79.